The van der Waals surface area contributed by atoms with Crippen molar-refractivity contribution in [2.24, 2.45) is 7.05 Å². The maximum absolute atomic E-state index is 4.49. The third kappa shape index (κ3) is 3.03. The zero-order chi connectivity index (χ0) is 13.7. The van der Waals surface area contributed by atoms with Gasteiger partial charge in [-0.05, 0) is 12.8 Å². The van der Waals surface area contributed by atoms with Crippen LogP contribution in [-0.2, 0) is 7.05 Å². The largest absolute Gasteiger partial charge is 0.356 e. The molecule has 2 aromatic heterocycles. The summed E-state index contributed by atoms with van der Waals surface area (Å²) in [6.07, 6.45) is 8.29. The van der Waals surface area contributed by atoms with Crippen molar-refractivity contribution in [2.75, 3.05) is 18.0 Å². The van der Waals surface area contributed by atoms with E-state index in [2.05, 4.69) is 33.8 Å². The maximum Gasteiger partial charge on any atom is 0.163 e. The topological polar surface area (TPSA) is 46.8 Å². The molecule has 0 N–H and O–H groups in total. The Morgan fingerprint density at radius 3 is 2.42 bits per heavy atom. The third-order valence-electron chi connectivity index (χ3n) is 3.37. The van der Waals surface area contributed by atoms with Gasteiger partial charge < -0.3 is 4.90 Å². The molecule has 19 heavy (non-hydrogen) atoms. The van der Waals surface area contributed by atoms with E-state index in [1.165, 1.54) is 25.7 Å². The van der Waals surface area contributed by atoms with Gasteiger partial charge in [-0.15, -0.1) is 0 Å². The van der Waals surface area contributed by atoms with E-state index in [4.69, 9.17) is 0 Å². The van der Waals surface area contributed by atoms with E-state index in [0.717, 1.165) is 29.9 Å². The molecule has 0 saturated carbocycles. The van der Waals surface area contributed by atoms with Crippen LogP contribution in [0.5, 0.6) is 0 Å². The summed E-state index contributed by atoms with van der Waals surface area (Å²) in [7, 11) is 1.92. The lowest BCUT2D eigenvalue weighted by atomic mass is 10.2. The Labute approximate surface area is 114 Å². The van der Waals surface area contributed by atoms with Gasteiger partial charge in [0.05, 0.1) is 11.6 Å². The Hall–Kier alpha value is -1.65. The van der Waals surface area contributed by atoms with Crippen LogP contribution >= 0.6 is 0 Å². The standard InChI is InChI=1S/C14H23N5/c1-4-6-8-19(9-7-5-2)14-12-10-17-18(3)13(12)15-11-16-14/h10-11H,4-9H2,1-3H3. The maximum atomic E-state index is 4.49. The van der Waals surface area contributed by atoms with Crippen LogP contribution < -0.4 is 4.90 Å². The second-order valence-electron chi connectivity index (χ2n) is 4.90. The van der Waals surface area contributed by atoms with E-state index in [1.54, 1.807) is 11.0 Å². The van der Waals surface area contributed by atoms with E-state index >= 15 is 0 Å². The van der Waals surface area contributed by atoms with Crippen molar-refractivity contribution in [1.29, 1.82) is 0 Å². The summed E-state index contributed by atoms with van der Waals surface area (Å²) in [4.78, 5) is 11.2. The second-order valence-corrected chi connectivity index (χ2v) is 4.90. The highest BCUT2D eigenvalue weighted by Crippen LogP contribution is 2.22. The van der Waals surface area contributed by atoms with E-state index in [-0.39, 0.29) is 0 Å². The molecule has 2 heterocycles. The molecule has 0 aliphatic carbocycles. The number of aryl methyl sites for hydroxylation is 1. The SMILES string of the molecule is CCCCN(CCCC)c1ncnc2c1cnn2C. The molecular weight excluding hydrogens is 238 g/mol. The van der Waals surface area contributed by atoms with Crippen LogP contribution in [0.1, 0.15) is 39.5 Å². The summed E-state index contributed by atoms with van der Waals surface area (Å²) in [5, 5.41) is 5.34. The Balaban J connectivity index is 2.31. The number of fused-ring (bicyclic) bond motifs is 1. The zero-order valence-electron chi connectivity index (χ0n) is 12.1. The van der Waals surface area contributed by atoms with Gasteiger partial charge in [0.1, 0.15) is 12.1 Å². The van der Waals surface area contributed by atoms with E-state index in [9.17, 15) is 0 Å². The molecule has 0 fully saturated rings. The van der Waals surface area contributed by atoms with E-state index in [1.807, 2.05) is 13.2 Å². The molecule has 0 unspecified atom stereocenters. The van der Waals surface area contributed by atoms with Crippen LogP contribution in [0.15, 0.2) is 12.5 Å². The van der Waals surface area contributed by atoms with Gasteiger partial charge in [0.15, 0.2) is 5.65 Å². The van der Waals surface area contributed by atoms with Crippen molar-refractivity contribution in [2.45, 2.75) is 39.5 Å². The summed E-state index contributed by atoms with van der Waals surface area (Å²) < 4.78 is 1.80. The first kappa shape index (κ1) is 13.8. The Morgan fingerprint density at radius 1 is 1.11 bits per heavy atom. The van der Waals surface area contributed by atoms with Gasteiger partial charge in [0.2, 0.25) is 0 Å². The van der Waals surface area contributed by atoms with Crippen molar-refractivity contribution in [1.82, 2.24) is 19.7 Å². The van der Waals surface area contributed by atoms with Crippen molar-refractivity contribution in [3.63, 3.8) is 0 Å². The van der Waals surface area contributed by atoms with Gasteiger partial charge in [0.25, 0.3) is 0 Å². The first-order chi connectivity index (χ1) is 9.27. The summed E-state index contributed by atoms with van der Waals surface area (Å²) in [6, 6.07) is 0. The summed E-state index contributed by atoms with van der Waals surface area (Å²) in [5.74, 6) is 1.03. The average molecular weight is 261 g/mol. The number of rotatable bonds is 7. The van der Waals surface area contributed by atoms with E-state index in [0.29, 0.717) is 0 Å². The molecule has 0 spiro atoms. The van der Waals surface area contributed by atoms with Gasteiger partial charge in [-0.3, -0.25) is 4.68 Å². The molecule has 0 aliphatic rings. The van der Waals surface area contributed by atoms with Crippen LogP contribution in [-0.4, -0.2) is 32.8 Å². The van der Waals surface area contributed by atoms with Gasteiger partial charge in [-0.25, -0.2) is 9.97 Å². The minimum Gasteiger partial charge on any atom is -0.356 e. The van der Waals surface area contributed by atoms with Gasteiger partial charge in [0, 0.05) is 20.1 Å². The predicted molar refractivity (Wildman–Crippen MR) is 78.3 cm³/mol. The molecule has 0 bridgehead atoms. The van der Waals surface area contributed by atoms with Crippen molar-refractivity contribution < 1.29 is 0 Å². The van der Waals surface area contributed by atoms with Gasteiger partial charge in [-0.1, -0.05) is 26.7 Å². The monoisotopic (exact) mass is 261 g/mol. The van der Waals surface area contributed by atoms with Crippen LogP contribution in [0.2, 0.25) is 0 Å². The summed E-state index contributed by atoms with van der Waals surface area (Å²) in [5.41, 5.74) is 0.906. The Kier molecular flexibility index (Phi) is 4.71. The zero-order valence-corrected chi connectivity index (χ0v) is 12.1. The minimum absolute atomic E-state index is 0.906. The highest BCUT2D eigenvalue weighted by molar-refractivity contribution is 5.86. The fourth-order valence-electron chi connectivity index (χ4n) is 2.22. The fourth-order valence-corrected chi connectivity index (χ4v) is 2.22. The molecule has 0 aromatic carbocycles. The lowest BCUT2D eigenvalue weighted by molar-refractivity contribution is 0.672. The third-order valence-corrected chi connectivity index (χ3v) is 3.37. The van der Waals surface area contributed by atoms with Crippen molar-refractivity contribution >= 4 is 16.9 Å². The molecule has 0 radical (unpaired) electrons. The molecule has 0 amide bonds. The number of unbranched alkanes of at least 4 members (excludes halogenated alkanes) is 2. The van der Waals surface area contributed by atoms with Crippen LogP contribution in [0.25, 0.3) is 11.0 Å². The van der Waals surface area contributed by atoms with Crippen LogP contribution in [0.4, 0.5) is 5.82 Å². The highest BCUT2D eigenvalue weighted by Gasteiger charge is 2.13. The highest BCUT2D eigenvalue weighted by atomic mass is 15.3. The Bertz CT molecular complexity index is 512. The number of aromatic nitrogens is 4. The number of nitrogens with zero attached hydrogens (tertiary/aromatic N) is 5. The average Bonchev–Trinajstić information content (AvgIpc) is 2.81. The minimum atomic E-state index is 0.906. The molecule has 0 aliphatic heterocycles. The van der Waals surface area contributed by atoms with Crippen molar-refractivity contribution in [3.8, 4) is 0 Å². The lowest BCUT2D eigenvalue weighted by Crippen LogP contribution is -2.26. The molecule has 0 saturated heterocycles. The smallest absolute Gasteiger partial charge is 0.163 e. The van der Waals surface area contributed by atoms with E-state index < -0.39 is 0 Å². The first-order valence-electron chi connectivity index (χ1n) is 7.15. The molecule has 104 valence electrons. The van der Waals surface area contributed by atoms with Crippen molar-refractivity contribution in [3.05, 3.63) is 12.5 Å². The fraction of sp³-hybridized carbons (Fsp3) is 0.643. The molecule has 5 nitrogen and oxygen atoms in total. The van der Waals surface area contributed by atoms with Gasteiger partial charge in [-0.2, -0.15) is 5.10 Å². The number of hydrogen-bond acceptors (Lipinski definition) is 4. The second kappa shape index (κ2) is 6.50. The van der Waals surface area contributed by atoms with Gasteiger partial charge >= 0.3 is 0 Å². The molecule has 5 heteroatoms. The Morgan fingerprint density at radius 2 is 1.79 bits per heavy atom. The molecule has 2 aromatic rings. The summed E-state index contributed by atoms with van der Waals surface area (Å²) in [6.45, 7) is 6.55. The predicted octanol–water partition coefficient (Wildman–Crippen LogP) is 2.77. The molecular formula is C14H23N5. The summed E-state index contributed by atoms with van der Waals surface area (Å²) >= 11 is 0. The molecule has 2 rings (SSSR count). The number of anilines is 1. The molecule has 0 atom stereocenters. The first-order valence-corrected chi connectivity index (χ1v) is 7.15. The quantitative estimate of drug-likeness (QED) is 0.769. The lowest BCUT2D eigenvalue weighted by Gasteiger charge is -2.23. The normalized spacial score (nSPS) is 11.1. The van der Waals surface area contributed by atoms with Crippen LogP contribution in [0, 0.1) is 0 Å². The number of hydrogen-bond donors (Lipinski definition) is 0. The van der Waals surface area contributed by atoms with Crippen LogP contribution in [0.3, 0.4) is 0 Å².